The molecule has 4 N–H and O–H groups in total. The molecule has 21 heavy (non-hydrogen) atoms. The van der Waals surface area contributed by atoms with Gasteiger partial charge in [0.1, 0.15) is 17.7 Å². The van der Waals surface area contributed by atoms with Gasteiger partial charge in [-0.05, 0) is 12.8 Å². The Bertz CT molecular complexity index is 533. The van der Waals surface area contributed by atoms with Crippen LogP contribution in [-0.4, -0.2) is 54.8 Å². The maximum absolute atomic E-state index is 12.3. The highest BCUT2D eigenvalue weighted by Gasteiger charge is 2.34. The van der Waals surface area contributed by atoms with Crippen molar-refractivity contribution in [3.8, 4) is 0 Å². The third-order valence-electron chi connectivity index (χ3n) is 3.64. The lowest BCUT2D eigenvalue weighted by Crippen LogP contribution is -2.54. The summed E-state index contributed by atoms with van der Waals surface area (Å²) < 4.78 is 5.45. The summed E-state index contributed by atoms with van der Waals surface area (Å²) in [7, 11) is 1.77. The molecule has 8 heteroatoms. The molecule has 1 aromatic rings. The number of hydrogen-bond donors (Lipinski definition) is 3. The fraction of sp³-hybridized carbons (Fsp3) is 0.615. The quantitative estimate of drug-likeness (QED) is 0.692. The van der Waals surface area contributed by atoms with E-state index < -0.39 is 0 Å². The van der Waals surface area contributed by atoms with Gasteiger partial charge in [0.2, 0.25) is 11.9 Å². The lowest BCUT2D eigenvalue weighted by atomic mass is 10.2. The van der Waals surface area contributed by atoms with E-state index in [9.17, 15) is 4.79 Å². The zero-order valence-corrected chi connectivity index (χ0v) is 12.0. The molecule has 114 valence electrons. The molecule has 1 aromatic heterocycles. The van der Waals surface area contributed by atoms with Crippen molar-refractivity contribution in [1.29, 1.82) is 0 Å². The smallest absolute Gasteiger partial charge is 0.245 e. The van der Waals surface area contributed by atoms with Gasteiger partial charge in [-0.3, -0.25) is 4.79 Å². The van der Waals surface area contributed by atoms with E-state index in [2.05, 4.69) is 20.6 Å². The Balaban J connectivity index is 1.82. The van der Waals surface area contributed by atoms with Gasteiger partial charge in [0.15, 0.2) is 0 Å². The largest absolute Gasteiger partial charge is 0.377 e. The summed E-state index contributed by atoms with van der Waals surface area (Å²) >= 11 is 0. The van der Waals surface area contributed by atoms with Crippen molar-refractivity contribution in [3.63, 3.8) is 0 Å². The minimum atomic E-state index is -0.377. The van der Waals surface area contributed by atoms with Crippen LogP contribution in [0.5, 0.6) is 0 Å². The van der Waals surface area contributed by atoms with E-state index in [1.165, 1.54) is 0 Å². The molecule has 2 aliphatic rings. The van der Waals surface area contributed by atoms with Crippen molar-refractivity contribution in [2.24, 2.45) is 0 Å². The number of hydrogen-bond acceptors (Lipinski definition) is 7. The van der Waals surface area contributed by atoms with Crippen LogP contribution in [0.25, 0.3) is 0 Å². The lowest BCUT2D eigenvalue weighted by molar-refractivity contribution is -0.124. The summed E-state index contributed by atoms with van der Waals surface area (Å²) in [5, 5.41) is 5.96. The Hall–Kier alpha value is -2.09. The van der Waals surface area contributed by atoms with Crippen LogP contribution in [-0.2, 0) is 9.53 Å². The van der Waals surface area contributed by atoms with Crippen LogP contribution in [0.3, 0.4) is 0 Å². The van der Waals surface area contributed by atoms with Crippen molar-refractivity contribution in [2.75, 3.05) is 42.8 Å². The summed E-state index contributed by atoms with van der Waals surface area (Å²) in [5.41, 5.74) is 5.73. The van der Waals surface area contributed by atoms with Crippen molar-refractivity contribution in [2.45, 2.75) is 24.9 Å². The minimum Gasteiger partial charge on any atom is -0.377 e. The van der Waals surface area contributed by atoms with Gasteiger partial charge in [0.05, 0.1) is 13.2 Å². The molecule has 3 rings (SSSR count). The first-order valence-corrected chi connectivity index (χ1v) is 7.14. The number of anilines is 3. The van der Waals surface area contributed by atoms with Crippen LogP contribution in [0.4, 0.5) is 17.6 Å². The summed E-state index contributed by atoms with van der Waals surface area (Å²) in [5.74, 6) is 1.45. The highest BCUT2D eigenvalue weighted by molar-refractivity contribution is 5.86. The standard InChI is InChI=1S/C13H20N6O2/c1-15-10-6-11(18-13(14)17-10)19-4-5-21-7-9(19)12(20)16-8-2-3-8/h6,8-9H,2-5,7H2,1H3,(H,16,20)(H3,14,15,17,18). The molecule has 0 radical (unpaired) electrons. The molecule has 1 amide bonds. The fourth-order valence-corrected chi connectivity index (χ4v) is 2.35. The molecule has 1 saturated carbocycles. The Labute approximate surface area is 123 Å². The number of nitrogen functional groups attached to an aromatic ring is 1. The van der Waals surface area contributed by atoms with E-state index in [1.807, 2.05) is 4.90 Å². The molecular weight excluding hydrogens is 272 g/mol. The molecule has 2 fully saturated rings. The highest BCUT2D eigenvalue weighted by Crippen LogP contribution is 2.23. The molecule has 0 bridgehead atoms. The number of amides is 1. The second-order valence-electron chi connectivity index (χ2n) is 5.29. The number of rotatable bonds is 4. The molecule has 2 heterocycles. The van der Waals surface area contributed by atoms with Gasteiger partial charge in [0.25, 0.3) is 0 Å². The molecule has 1 aliphatic carbocycles. The second kappa shape index (κ2) is 5.72. The van der Waals surface area contributed by atoms with E-state index in [4.69, 9.17) is 10.5 Å². The van der Waals surface area contributed by atoms with Crippen LogP contribution in [0.2, 0.25) is 0 Å². The topological polar surface area (TPSA) is 105 Å². The predicted octanol–water partition coefficient (Wildman–Crippen LogP) is -0.416. The maximum atomic E-state index is 12.3. The van der Waals surface area contributed by atoms with Crippen LogP contribution in [0.15, 0.2) is 6.07 Å². The molecule has 8 nitrogen and oxygen atoms in total. The maximum Gasteiger partial charge on any atom is 0.245 e. The van der Waals surface area contributed by atoms with E-state index in [1.54, 1.807) is 13.1 Å². The first-order chi connectivity index (χ1) is 10.2. The van der Waals surface area contributed by atoms with Gasteiger partial charge < -0.3 is 26.0 Å². The number of carbonyl (C=O) groups excluding carboxylic acids is 1. The fourth-order valence-electron chi connectivity index (χ4n) is 2.35. The number of nitrogens with one attached hydrogen (secondary N) is 2. The molecule has 1 atom stereocenters. The lowest BCUT2D eigenvalue weighted by Gasteiger charge is -2.35. The zero-order chi connectivity index (χ0) is 14.8. The van der Waals surface area contributed by atoms with Gasteiger partial charge in [0, 0.05) is 25.7 Å². The Morgan fingerprint density at radius 2 is 2.29 bits per heavy atom. The number of morpholine rings is 1. The zero-order valence-electron chi connectivity index (χ0n) is 12.0. The van der Waals surface area contributed by atoms with Gasteiger partial charge in [-0.25, -0.2) is 0 Å². The van der Waals surface area contributed by atoms with Crippen molar-refractivity contribution in [1.82, 2.24) is 15.3 Å². The average Bonchev–Trinajstić information content (AvgIpc) is 3.30. The second-order valence-corrected chi connectivity index (χ2v) is 5.29. The summed E-state index contributed by atoms with van der Waals surface area (Å²) in [4.78, 5) is 22.6. The third kappa shape index (κ3) is 3.15. The van der Waals surface area contributed by atoms with Gasteiger partial charge >= 0.3 is 0 Å². The number of aromatic nitrogens is 2. The van der Waals surface area contributed by atoms with E-state index in [0.717, 1.165) is 12.8 Å². The first kappa shape index (κ1) is 13.9. The number of carbonyl (C=O) groups is 1. The number of nitrogens with zero attached hydrogens (tertiary/aromatic N) is 3. The van der Waals surface area contributed by atoms with Crippen molar-refractivity contribution in [3.05, 3.63) is 6.07 Å². The van der Waals surface area contributed by atoms with E-state index >= 15 is 0 Å². The van der Waals surface area contributed by atoms with Gasteiger partial charge in [-0.1, -0.05) is 0 Å². The van der Waals surface area contributed by atoms with Gasteiger partial charge in [-0.2, -0.15) is 9.97 Å². The Kier molecular flexibility index (Phi) is 3.78. The first-order valence-electron chi connectivity index (χ1n) is 7.14. The van der Waals surface area contributed by atoms with Crippen LogP contribution >= 0.6 is 0 Å². The Morgan fingerprint density at radius 3 is 3.00 bits per heavy atom. The molecular formula is C13H20N6O2. The Morgan fingerprint density at radius 1 is 1.48 bits per heavy atom. The monoisotopic (exact) mass is 292 g/mol. The summed E-state index contributed by atoms with van der Waals surface area (Å²) in [6.45, 7) is 1.52. The normalized spacial score (nSPS) is 22.0. The van der Waals surface area contributed by atoms with Crippen LogP contribution < -0.4 is 21.3 Å². The highest BCUT2D eigenvalue weighted by atomic mass is 16.5. The SMILES string of the molecule is CNc1cc(N2CCOCC2C(=O)NC2CC2)nc(N)n1. The third-order valence-corrected chi connectivity index (χ3v) is 3.64. The van der Waals surface area contributed by atoms with E-state index in [-0.39, 0.29) is 17.9 Å². The molecule has 0 aromatic carbocycles. The molecule has 0 spiro atoms. The van der Waals surface area contributed by atoms with Crippen LogP contribution in [0.1, 0.15) is 12.8 Å². The van der Waals surface area contributed by atoms with Crippen molar-refractivity contribution >= 4 is 23.5 Å². The predicted molar refractivity (Wildman–Crippen MR) is 79.1 cm³/mol. The number of ether oxygens (including phenoxy) is 1. The molecule has 1 aliphatic heterocycles. The van der Waals surface area contributed by atoms with Crippen molar-refractivity contribution < 1.29 is 9.53 Å². The number of nitrogens with two attached hydrogens (primary N) is 1. The average molecular weight is 292 g/mol. The molecule has 1 unspecified atom stereocenters. The molecule has 1 saturated heterocycles. The van der Waals surface area contributed by atoms with Gasteiger partial charge in [-0.15, -0.1) is 0 Å². The van der Waals surface area contributed by atoms with E-state index in [0.29, 0.717) is 37.4 Å². The van der Waals surface area contributed by atoms with Crippen LogP contribution in [0, 0.1) is 0 Å². The minimum absolute atomic E-state index is 0.0135. The summed E-state index contributed by atoms with van der Waals surface area (Å²) in [6, 6.07) is 1.74. The summed E-state index contributed by atoms with van der Waals surface area (Å²) in [6.07, 6.45) is 2.12.